The van der Waals surface area contributed by atoms with Gasteiger partial charge in [-0.1, -0.05) is 6.92 Å². The molecule has 4 aromatic rings. The first-order valence-electron chi connectivity index (χ1n) is 11.3. The molecule has 0 aliphatic heterocycles. The third kappa shape index (κ3) is 4.57. The highest BCUT2D eigenvalue weighted by molar-refractivity contribution is 7.91. The van der Waals surface area contributed by atoms with Gasteiger partial charge in [0.05, 0.1) is 17.9 Å². The number of ether oxygens (including phenoxy) is 1. The van der Waals surface area contributed by atoms with E-state index in [1.807, 2.05) is 0 Å². The van der Waals surface area contributed by atoms with Crippen molar-refractivity contribution in [3.63, 3.8) is 0 Å². The van der Waals surface area contributed by atoms with Crippen LogP contribution in [0.5, 0.6) is 0 Å². The Kier molecular flexibility index (Phi) is 6.02. The first-order valence-corrected chi connectivity index (χ1v) is 13.3. The quantitative estimate of drug-likeness (QED) is 0.323. The van der Waals surface area contributed by atoms with E-state index < -0.39 is 21.6 Å². The van der Waals surface area contributed by atoms with Gasteiger partial charge in [0.15, 0.2) is 31.4 Å². The van der Waals surface area contributed by atoms with E-state index in [1.165, 1.54) is 15.9 Å². The molecule has 13 heteroatoms. The fourth-order valence-corrected chi connectivity index (χ4v) is 5.30. The van der Waals surface area contributed by atoms with Crippen molar-refractivity contribution in [1.29, 1.82) is 0 Å². The van der Waals surface area contributed by atoms with Crippen molar-refractivity contribution in [3.8, 4) is 11.5 Å². The van der Waals surface area contributed by atoms with Crippen LogP contribution >= 0.6 is 12.2 Å². The molecule has 1 saturated carbocycles. The summed E-state index contributed by atoms with van der Waals surface area (Å²) in [5, 5.41) is 0.356. The Bertz CT molecular complexity index is 1600. The Labute approximate surface area is 210 Å². The summed E-state index contributed by atoms with van der Waals surface area (Å²) < 4.78 is 74.3. The van der Waals surface area contributed by atoms with Crippen LogP contribution in [-0.4, -0.2) is 49.7 Å². The Morgan fingerprint density at radius 3 is 2.67 bits per heavy atom. The highest BCUT2D eigenvalue weighted by atomic mass is 32.2. The largest absolute Gasteiger partial charge is 0.486 e. The number of nitrogens with zero attached hydrogens (tertiary/aromatic N) is 5. The maximum absolute atomic E-state index is 13.2. The van der Waals surface area contributed by atoms with Gasteiger partial charge in [-0.2, -0.15) is 13.2 Å². The van der Waals surface area contributed by atoms with Crippen LogP contribution < -0.4 is 0 Å². The lowest BCUT2D eigenvalue weighted by Crippen LogP contribution is -2.10. The molecular weight excluding hydrogens is 515 g/mol. The van der Waals surface area contributed by atoms with Gasteiger partial charge in [0, 0.05) is 25.9 Å². The van der Waals surface area contributed by atoms with Crippen LogP contribution in [-0.2, 0) is 34.2 Å². The third-order valence-electron chi connectivity index (χ3n) is 6.09. The Balaban J connectivity index is 1.61. The van der Waals surface area contributed by atoms with Crippen molar-refractivity contribution in [2.24, 2.45) is 13.0 Å². The molecule has 190 valence electrons. The van der Waals surface area contributed by atoms with Gasteiger partial charge in [-0.15, -0.1) is 0 Å². The molecule has 1 aliphatic carbocycles. The Morgan fingerprint density at radius 2 is 2.00 bits per heavy atom. The molecule has 1 aliphatic rings. The molecule has 0 amide bonds. The number of aromatic nitrogens is 5. The van der Waals surface area contributed by atoms with Crippen molar-refractivity contribution in [2.45, 2.75) is 37.4 Å². The second-order valence-electron chi connectivity index (χ2n) is 8.79. The molecule has 5 rings (SSSR count). The zero-order valence-corrected chi connectivity index (χ0v) is 21.0. The molecule has 8 nitrogen and oxygen atoms in total. The summed E-state index contributed by atoms with van der Waals surface area (Å²) in [4.78, 5) is 12.7. The lowest BCUT2D eigenvalue weighted by Gasteiger charge is -2.08. The van der Waals surface area contributed by atoms with Gasteiger partial charge in [-0.3, -0.25) is 4.40 Å². The maximum Gasteiger partial charge on any atom is 0.417 e. The van der Waals surface area contributed by atoms with Crippen LogP contribution in [0.2, 0.25) is 0 Å². The van der Waals surface area contributed by atoms with E-state index in [2.05, 4.69) is 15.0 Å². The van der Waals surface area contributed by atoms with Crippen LogP contribution in [0.25, 0.3) is 28.3 Å². The fraction of sp³-hybridized carbons (Fsp3) is 0.391. The van der Waals surface area contributed by atoms with E-state index in [0.29, 0.717) is 29.6 Å². The van der Waals surface area contributed by atoms with Gasteiger partial charge in [0.1, 0.15) is 16.9 Å². The van der Waals surface area contributed by atoms with Crippen molar-refractivity contribution < 1.29 is 26.3 Å². The molecule has 0 bridgehead atoms. The summed E-state index contributed by atoms with van der Waals surface area (Å²) in [6, 6.07) is 4.34. The van der Waals surface area contributed by atoms with Crippen LogP contribution in [0.1, 0.15) is 30.9 Å². The van der Waals surface area contributed by atoms with Crippen LogP contribution in [0.4, 0.5) is 13.2 Å². The SMILES string of the molecule is CCS(=O)(=O)c1c(-c2nc3cc(C(F)(F)F)cnc3n2C)nc2cc(CC(=S)OCC3CC3)ccn12. The van der Waals surface area contributed by atoms with Gasteiger partial charge >= 0.3 is 6.18 Å². The first kappa shape index (κ1) is 24.6. The second kappa shape index (κ2) is 8.80. The number of alkyl halides is 3. The Hall–Kier alpha value is -3.06. The van der Waals surface area contributed by atoms with E-state index in [0.717, 1.165) is 30.7 Å². The summed E-state index contributed by atoms with van der Waals surface area (Å²) in [6.45, 7) is 2.11. The number of rotatable bonds is 7. The summed E-state index contributed by atoms with van der Waals surface area (Å²) in [5.74, 6) is 0.462. The van der Waals surface area contributed by atoms with E-state index in [1.54, 1.807) is 25.4 Å². The van der Waals surface area contributed by atoms with Crippen LogP contribution in [0.15, 0.2) is 35.6 Å². The molecule has 0 atom stereocenters. The molecule has 0 radical (unpaired) electrons. The summed E-state index contributed by atoms with van der Waals surface area (Å²) in [6.07, 6.45) is 0.396. The number of fused-ring (bicyclic) bond motifs is 2. The monoisotopic (exact) mass is 537 g/mol. The lowest BCUT2D eigenvalue weighted by molar-refractivity contribution is -0.137. The van der Waals surface area contributed by atoms with Gasteiger partial charge in [0.2, 0.25) is 0 Å². The molecule has 1 fully saturated rings. The number of hydrogen-bond donors (Lipinski definition) is 0. The summed E-state index contributed by atoms with van der Waals surface area (Å²) in [5.41, 5.74) is 0.389. The number of pyridine rings is 2. The molecule has 0 spiro atoms. The van der Waals surface area contributed by atoms with Crippen LogP contribution in [0.3, 0.4) is 0 Å². The van der Waals surface area contributed by atoms with Gasteiger partial charge in [0.25, 0.3) is 0 Å². The predicted octanol–water partition coefficient (Wildman–Crippen LogP) is 4.39. The van der Waals surface area contributed by atoms with Gasteiger partial charge < -0.3 is 9.30 Å². The summed E-state index contributed by atoms with van der Waals surface area (Å²) in [7, 11) is -2.24. The average Bonchev–Trinajstić information content (AvgIpc) is 3.49. The van der Waals surface area contributed by atoms with E-state index in [4.69, 9.17) is 17.0 Å². The molecular formula is C23H22F3N5O3S2. The maximum atomic E-state index is 13.2. The number of halogens is 3. The topological polar surface area (TPSA) is 91.4 Å². The van der Waals surface area contributed by atoms with Crippen molar-refractivity contribution in [2.75, 3.05) is 12.4 Å². The van der Waals surface area contributed by atoms with Crippen LogP contribution in [0, 0.1) is 5.92 Å². The van der Waals surface area contributed by atoms with Crippen molar-refractivity contribution >= 4 is 43.9 Å². The second-order valence-corrected chi connectivity index (χ2v) is 11.4. The minimum Gasteiger partial charge on any atom is -0.486 e. The fourth-order valence-electron chi connectivity index (χ4n) is 3.91. The third-order valence-corrected chi connectivity index (χ3v) is 8.10. The van der Waals surface area contributed by atoms with E-state index in [-0.39, 0.29) is 33.5 Å². The zero-order valence-electron chi connectivity index (χ0n) is 19.4. The van der Waals surface area contributed by atoms with Gasteiger partial charge in [-0.25, -0.2) is 23.4 Å². The molecule has 0 aromatic carbocycles. The highest BCUT2D eigenvalue weighted by Crippen LogP contribution is 2.34. The number of aryl methyl sites for hydroxylation is 1. The van der Waals surface area contributed by atoms with Crippen molar-refractivity contribution in [3.05, 3.63) is 41.7 Å². The normalized spacial score (nSPS) is 14.6. The molecule has 4 heterocycles. The van der Waals surface area contributed by atoms with Gasteiger partial charge in [-0.05, 0) is 54.7 Å². The number of hydrogen-bond acceptors (Lipinski definition) is 7. The minimum atomic E-state index is -4.59. The molecule has 4 aromatic heterocycles. The highest BCUT2D eigenvalue weighted by Gasteiger charge is 2.33. The Morgan fingerprint density at radius 1 is 1.25 bits per heavy atom. The first-order chi connectivity index (χ1) is 17.0. The van der Waals surface area contributed by atoms with Crippen molar-refractivity contribution in [1.82, 2.24) is 23.9 Å². The van der Waals surface area contributed by atoms with E-state index in [9.17, 15) is 21.6 Å². The number of imidazole rings is 2. The molecule has 36 heavy (non-hydrogen) atoms. The number of thiocarbonyl (C=S) groups is 1. The average molecular weight is 538 g/mol. The molecule has 0 saturated heterocycles. The summed E-state index contributed by atoms with van der Waals surface area (Å²) >= 11 is 5.34. The smallest absolute Gasteiger partial charge is 0.417 e. The molecule has 0 unspecified atom stereocenters. The zero-order chi connectivity index (χ0) is 25.8. The lowest BCUT2D eigenvalue weighted by atomic mass is 10.2. The standard InChI is InChI=1S/C23H22F3N5O3S2/c1-3-36(32,33)22-19(21-28-16-10-15(23(24,25)26)11-27-20(16)30(21)2)29-17-8-14(6-7-31(17)22)9-18(35)34-12-13-4-5-13/h6-8,10-11,13H,3-5,9,12H2,1-2H3. The predicted molar refractivity (Wildman–Crippen MR) is 130 cm³/mol. The van der Waals surface area contributed by atoms with E-state index >= 15 is 0 Å². The minimum absolute atomic E-state index is 0.0157. The number of sulfone groups is 1. The molecule has 0 N–H and O–H groups in total.